The molecule has 2 aromatic rings. The Kier molecular flexibility index (Phi) is 6.05. The second-order valence-electron chi connectivity index (χ2n) is 7.08. The average Bonchev–Trinajstić information content (AvgIpc) is 3.51. The molecule has 4 nitrogen and oxygen atoms in total. The van der Waals surface area contributed by atoms with E-state index in [9.17, 15) is 18.0 Å². The molecule has 2 unspecified atom stereocenters. The number of methoxy groups -OCH3 is 2. The summed E-state index contributed by atoms with van der Waals surface area (Å²) in [5, 5.41) is 0. The van der Waals surface area contributed by atoms with Crippen LogP contribution in [0.1, 0.15) is 36.0 Å². The SMILES string of the molecule is CCN(Cc1ccc(OC)c(OC)c1)C(=O)C1CC1c1ccccc1C(F)(F)F. The molecule has 2 aromatic carbocycles. The van der Waals surface area contributed by atoms with E-state index in [1.165, 1.54) is 19.2 Å². The fourth-order valence-corrected chi connectivity index (χ4v) is 3.67. The first kappa shape index (κ1) is 21.0. The van der Waals surface area contributed by atoms with Gasteiger partial charge in [0.25, 0.3) is 0 Å². The molecule has 1 saturated carbocycles. The van der Waals surface area contributed by atoms with Gasteiger partial charge in [-0.3, -0.25) is 4.79 Å². The van der Waals surface area contributed by atoms with Crippen molar-refractivity contribution in [1.29, 1.82) is 0 Å². The zero-order valence-corrected chi connectivity index (χ0v) is 16.6. The molecule has 0 bridgehead atoms. The maximum Gasteiger partial charge on any atom is 0.416 e. The molecule has 0 N–H and O–H groups in total. The molecule has 1 aliphatic carbocycles. The number of carbonyl (C=O) groups is 1. The Labute approximate surface area is 168 Å². The highest BCUT2D eigenvalue weighted by atomic mass is 19.4. The van der Waals surface area contributed by atoms with Crippen molar-refractivity contribution in [3.8, 4) is 11.5 Å². The summed E-state index contributed by atoms with van der Waals surface area (Å²) >= 11 is 0. The molecule has 3 rings (SSSR count). The van der Waals surface area contributed by atoms with Crippen LogP contribution in [0, 0.1) is 5.92 Å². The summed E-state index contributed by atoms with van der Waals surface area (Å²) in [7, 11) is 3.09. The molecular weight excluding hydrogens is 383 g/mol. The van der Waals surface area contributed by atoms with Crippen molar-refractivity contribution in [2.24, 2.45) is 5.92 Å². The van der Waals surface area contributed by atoms with E-state index in [0.29, 0.717) is 31.0 Å². The van der Waals surface area contributed by atoms with E-state index >= 15 is 0 Å². The number of nitrogens with zero attached hydrogens (tertiary/aromatic N) is 1. The third kappa shape index (κ3) is 4.49. The average molecular weight is 407 g/mol. The molecule has 1 aliphatic rings. The number of amides is 1. The second-order valence-corrected chi connectivity index (χ2v) is 7.08. The topological polar surface area (TPSA) is 38.8 Å². The normalized spacial score (nSPS) is 18.3. The lowest BCUT2D eigenvalue weighted by Crippen LogP contribution is -2.32. The van der Waals surface area contributed by atoms with Gasteiger partial charge in [-0.15, -0.1) is 0 Å². The van der Waals surface area contributed by atoms with Crippen LogP contribution in [-0.4, -0.2) is 31.6 Å². The number of carbonyl (C=O) groups excluding carboxylic acids is 1. The van der Waals surface area contributed by atoms with Gasteiger partial charge in [0.15, 0.2) is 11.5 Å². The van der Waals surface area contributed by atoms with E-state index in [2.05, 4.69) is 0 Å². The largest absolute Gasteiger partial charge is 0.493 e. The summed E-state index contributed by atoms with van der Waals surface area (Å²) < 4.78 is 50.4. The Morgan fingerprint density at radius 3 is 2.41 bits per heavy atom. The quantitative estimate of drug-likeness (QED) is 0.657. The minimum atomic E-state index is -4.42. The van der Waals surface area contributed by atoms with Crippen LogP contribution in [0.3, 0.4) is 0 Å². The lowest BCUT2D eigenvalue weighted by atomic mass is 10.0. The Balaban J connectivity index is 1.74. The Morgan fingerprint density at radius 2 is 1.79 bits per heavy atom. The van der Waals surface area contributed by atoms with Crippen LogP contribution < -0.4 is 9.47 Å². The zero-order valence-electron chi connectivity index (χ0n) is 16.6. The maximum atomic E-state index is 13.3. The molecule has 0 saturated heterocycles. The summed E-state index contributed by atoms with van der Waals surface area (Å²) in [5.41, 5.74) is 0.425. The molecule has 0 aliphatic heterocycles. The lowest BCUT2D eigenvalue weighted by Gasteiger charge is -2.22. The third-order valence-corrected chi connectivity index (χ3v) is 5.29. The molecule has 2 atom stereocenters. The van der Waals surface area contributed by atoms with Crippen LogP contribution in [0.2, 0.25) is 0 Å². The molecule has 0 radical (unpaired) electrons. The Hall–Kier alpha value is -2.70. The van der Waals surface area contributed by atoms with Crippen molar-refractivity contribution in [2.45, 2.75) is 32.0 Å². The molecule has 0 aromatic heterocycles. The fourth-order valence-electron chi connectivity index (χ4n) is 3.67. The first-order chi connectivity index (χ1) is 13.8. The number of rotatable bonds is 7. The molecule has 0 spiro atoms. The van der Waals surface area contributed by atoms with Crippen molar-refractivity contribution in [2.75, 3.05) is 20.8 Å². The fraction of sp³-hybridized carbons (Fsp3) is 0.409. The van der Waals surface area contributed by atoms with Gasteiger partial charge in [0.2, 0.25) is 5.91 Å². The predicted molar refractivity (Wildman–Crippen MR) is 103 cm³/mol. The van der Waals surface area contributed by atoms with Crippen LogP contribution >= 0.6 is 0 Å². The van der Waals surface area contributed by atoms with E-state index in [1.54, 1.807) is 30.2 Å². The molecule has 0 heterocycles. The van der Waals surface area contributed by atoms with Crippen LogP contribution in [0.25, 0.3) is 0 Å². The summed E-state index contributed by atoms with van der Waals surface area (Å²) in [4.78, 5) is 14.6. The first-order valence-corrected chi connectivity index (χ1v) is 9.46. The van der Waals surface area contributed by atoms with Gasteiger partial charge in [-0.1, -0.05) is 24.3 Å². The lowest BCUT2D eigenvalue weighted by molar-refractivity contribution is -0.138. The summed E-state index contributed by atoms with van der Waals surface area (Å²) in [6, 6.07) is 10.9. The Morgan fingerprint density at radius 1 is 1.10 bits per heavy atom. The van der Waals surface area contributed by atoms with Gasteiger partial charge in [0, 0.05) is 19.0 Å². The van der Waals surface area contributed by atoms with Crippen molar-refractivity contribution in [3.63, 3.8) is 0 Å². The summed E-state index contributed by atoms with van der Waals surface area (Å²) in [5.74, 6) is 0.233. The van der Waals surface area contributed by atoms with Crippen LogP contribution in [0.5, 0.6) is 11.5 Å². The van der Waals surface area contributed by atoms with E-state index in [0.717, 1.165) is 11.6 Å². The minimum Gasteiger partial charge on any atom is -0.493 e. The standard InChI is InChI=1S/C22H24F3NO3/c1-4-26(13-14-9-10-19(28-2)20(11-14)29-3)21(27)17-12-16(17)15-7-5-6-8-18(15)22(23,24)25/h5-11,16-17H,4,12-13H2,1-3H3. The van der Waals surface area contributed by atoms with E-state index in [4.69, 9.17) is 9.47 Å². The number of halogens is 3. The van der Waals surface area contributed by atoms with Crippen LogP contribution in [0.4, 0.5) is 13.2 Å². The highest BCUT2D eigenvalue weighted by molar-refractivity contribution is 5.83. The Bertz CT molecular complexity index is 882. The van der Waals surface area contributed by atoms with Gasteiger partial charge in [0.1, 0.15) is 0 Å². The monoisotopic (exact) mass is 407 g/mol. The van der Waals surface area contributed by atoms with E-state index in [1.807, 2.05) is 13.0 Å². The highest BCUT2D eigenvalue weighted by Crippen LogP contribution is 2.51. The molecule has 1 amide bonds. The molecule has 29 heavy (non-hydrogen) atoms. The van der Waals surface area contributed by atoms with Crippen molar-refractivity contribution >= 4 is 5.91 Å². The van der Waals surface area contributed by atoms with Crippen LogP contribution in [0.15, 0.2) is 42.5 Å². The van der Waals surface area contributed by atoms with Gasteiger partial charge in [0.05, 0.1) is 19.8 Å². The van der Waals surface area contributed by atoms with Gasteiger partial charge in [-0.25, -0.2) is 0 Å². The smallest absolute Gasteiger partial charge is 0.416 e. The number of alkyl halides is 3. The summed E-state index contributed by atoms with van der Waals surface area (Å²) in [6.45, 7) is 2.69. The number of ether oxygens (including phenoxy) is 2. The highest BCUT2D eigenvalue weighted by Gasteiger charge is 2.48. The van der Waals surface area contributed by atoms with E-state index in [-0.39, 0.29) is 17.4 Å². The van der Waals surface area contributed by atoms with Gasteiger partial charge in [-0.05, 0) is 48.6 Å². The van der Waals surface area contributed by atoms with Gasteiger partial charge >= 0.3 is 6.18 Å². The van der Waals surface area contributed by atoms with E-state index < -0.39 is 17.7 Å². The molecule has 1 fully saturated rings. The number of benzene rings is 2. The van der Waals surface area contributed by atoms with Gasteiger partial charge < -0.3 is 14.4 Å². The molecule has 156 valence electrons. The zero-order chi connectivity index (χ0) is 21.2. The summed E-state index contributed by atoms with van der Waals surface area (Å²) in [6.07, 6.45) is -3.98. The minimum absolute atomic E-state index is 0.121. The van der Waals surface area contributed by atoms with Crippen molar-refractivity contribution in [1.82, 2.24) is 4.90 Å². The first-order valence-electron chi connectivity index (χ1n) is 9.46. The number of hydrogen-bond acceptors (Lipinski definition) is 3. The van der Waals surface area contributed by atoms with Crippen molar-refractivity contribution in [3.05, 3.63) is 59.2 Å². The maximum absolute atomic E-state index is 13.3. The molecule has 7 heteroatoms. The van der Waals surface area contributed by atoms with Gasteiger partial charge in [-0.2, -0.15) is 13.2 Å². The predicted octanol–water partition coefficient (Wildman–Crippen LogP) is 4.87. The van der Waals surface area contributed by atoms with Crippen molar-refractivity contribution < 1.29 is 27.4 Å². The molecular formula is C22H24F3NO3. The van der Waals surface area contributed by atoms with Crippen LogP contribution in [-0.2, 0) is 17.5 Å². The third-order valence-electron chi connectivity index (χ3n) is 5.29. The number of hydrogen-bond donors (Lipinski definition) is 0. The second kappa shape index (κ2) is 8.35.